The number of nitrogens with zero attached hydrogens (tertiary/aromatic N) is 1. The van der Waals surface area contributed by atoms with E-state index in [0.29, 0.717) is 11.8 Å². The number of allylic oxidation sites excluding steroid dienone is 2. The van der Waals surface area contributed by atoms with Gasteiger partial charge in [0.05, 0.1) is 12.6 Å². The Morgan fingerprint density at radius 1 is 1.25 bits per heavy atom. The lowest BCUT2D eigenvalue weighted by molar-refractivity contribution is -0.138. The van der Waals surface area contributed by atoms with Crippen molar-refractivity contribution in [3.8, 4) is 0 Å². The van der Waals surface area contributed by atoms with Gasteiger partial charge in [0.15, 0.2) is 0 Å². The fourth-order valence-electron chi connectivity index (χ4n) is 2.80. The van der Waals surface area contributed by atoms with Crippen LogP contribution >= 0.6 is 0 Å². The zero-order valence-electron chi connectivity index (χ0n) is 13.5. The average molecular weight is 281 g/mol. The molecule has 0 radical (unpaired) electrons. The Morgan fingerprint density at radius 2 is 1.90 bits per heavy atom. The van der Waals surface area contributed by atoms with E-state index in [4.69, 9.17) is 0 Å². The van der Waals surface area contributed by atoms with E-state index in [1.54, 1.807) is 0 Å². The summed E-state index contributed by atoms with van der Waals surface area (Å²) in [5.74, 6) is 1.28. The van der Waals surface area contributed by atoms with Gasteiger partial charge in [0, 0.05) is 12.5 Å². The number of aliphatic hydroxyl groups is 1. The van der Waals surface area contributed by atoms with Crippen LogP contribution in [0.15, 0.2) is 12.2 Å². The highest BCUT2D eigenvalue weighted by molar-refractivity contribution is 5.80. The smallest absolute Gasteiger partial charge is 0.226 e. The molecule has 0 saturated carbocycles. The number of hydrogen-bond acceptors (Lipinski definition) is 2. The Hall–Kier alpha value is -0.830. The van der Waals surface area contributed by atoms with Crippen molar-refractivity contribution in [2.24, 2.45) is 17.8 Å². The van der Waals surface area contributed by atoms with Gasteiger partial charge in [-0.2, -0.15) is 0 Å². The largest absolute Gasteiger partial charge is 0.394 e. The minimum absolute atomic E-state index is 0.0448. The van der Waals surface area contributed by atoms with E-state index in [1.165, 1.54) is 0 Å². The molecule has 0 spiro atoms. The zero-order valence-corrected chi connectivity index (χ0v) is 13.5. The second-order valence-corrected chi connectivity index (χ2v) is 6.70. The third kappa shape index (κ3) is 4.93. The second-order valence-electron chi connectivity index (χ2n) is 6.70. The number of amides is 1. The van der Waals surface area contributed by atoms with E-state index < -0.39 is 0 Å². The van der Waals surface area contributed by atoms with Gasteiger partial charge in [-0.25, -0.2) is 0 Å². The fourth-order valence-corrected chi connectivity index (χ4v) is 2.80. The van der Waals surface area contributed by atoms with Crippen LogP contribution < -0.4 is 0 Å². The highest BCUT2D eigenvalue weighted by Crippen LogP contribution is 2.25. The molecule has 3 nitrogen and oxygen atoms in total. The summed E-state index contributed by atoms with van der Waals surface area (Å²) >= 11 is 0. The molecule has 1 N–H and O–H groups in total. The van der Waals surface area contributed by atoms with Gasteiger partial charge in [-0.05, 0) is 37.5 Å². The molecule has 1 saturated heterocycles. The number of carbonyl (C=O) groups excluding carboxylic acids is 1. The van der Waals surface area contributed by atoms with Crippen LogP contribution in [0.4, 0.5) is 0 Å². The van der Waals surface area contributed by atoms with E-state index in [1.807, 2.05) is 4.90 Å². The van der Waals surface area contributed by atoms with E-state index >= 15 is 0 Å². The fraction of sp³-hybridized carbons (Fsp3) is 0.824. The lowest BCUT2D eigenvalue weighted by Gasteiger charge is -2.29. The molecule has 0 aliphatic carbocycles. The highest BCUT2D eigenvalue weighted by Gasteiger charge is 2.33. The lowest BCUT2D eigenvalue weighted by atomic mass is 9.90. The summed E-state index contributed by atoms with van der Waals surface area (Å²) in [6, 6.07) is 0.0448. The molecule has 0 aromatic carbocycles. The van der Waals surface area contributed by atoms with Crippen molar-refractivity contribution in [1.82, 2.24) is 4.90 Å². The topological polar surface area (TPSA) is 40.5 Å². The number of aliphatic hydroxyl groups excluding tert-OH is 1. The minimum Gasteiger partial charge on any atom is -0.394 e. The second kappa shape index (κ2) is 8.46. The van der Waals surface area contributed by atoms with Crippen LogP contribution in [0.25, 0.3) is 0 Å². The SMILES string of the molecule is CC(C)CC=CCC(C(=O)N1CCCC1CO)C(C)C. The third-order valence-corrected chi connectivity index (χ3v) is 4.16. The molecule has 0 aromatic rings. The molecule has 2 atom stereocenters. The van der Waals surface area contributed by atoms with Gasteiger partial charge < -0.3 is 10.0 Å². The van der Waals surface area contributed by atoms with E-state index in [9.17, 15) is 9.90 Å². The van der Waals surface area contributed by atoms with Crippen molar-refractivity contribution in [2.75, 3.05) is 13.2 Å². The van der Waals surface area contributed by atoms with Gasteiger partial charge in [0.25, 0.3) is 0 Å². The van der Waals surface area contributed by atoms with Crippen molar-refractivity contribution < 1.29 is 9.90 Å². The number of rotatable bonds is 7. The van der Waals surface area contributed by atoms with Crippen molar-refractivity contribution >= 4 is 5.91 Å². The van der Waals surface area contributed by atoms with Gasteiger partial charge in [-0.15, -0.1) is 0 Å². The Labute approximate surface area is 124 Å². The highest BCUT2D eigenvalue weighted by atomic mass is 16.3. The molecule has 2 unspecified atom stereocenters. The first-order chi connectivity index (χ1) is 9.47. The molecular formula is C17H31NO2. The number of hydrogen-bond donors (Lipinski definition) is 1. The predicted molar refractivity (Wildman–Crippen MR) is 83.4 cm³/mol. The predicted octanol–water partition coefficient (Wildman–Crippen LogP) is 3.23. The van der Waals surface area contributed by atoms with Crippen molar-refractivity contribution in [3.63, 3.8) is 0 Å². The Bertz CT molecular complexity index is 323. The van der Waals surface area contributed by atoms with Crippen LogP contribution in [0.1, 0.15) is 53.4 Å². The first-order valence-corrected chi connectivity index (χ1v) is 8.03. The van der Waals surface area contributed by atoms with Gasteiger partial charge in [0.1, 0.15) is 0 Å². The molecule has 0 aromatic heterocycles. The van der Waals surface area contributed by atoms with Crippen LogP contribution in [0.5, 0.6) is 0 Å². The molecule has 1 aliphatic rings. The Kier molecular flexibility index (Phi) is 7.28. The standard InChI is InChI=1S/C17H31NO2/c1-13(2)8-5-6-10-16(14(3)4)17(20)18-11-7-9-15(18)12-19/h5-6,13-16,19H,7-12H2,1-4H3. The summed E-state index contributed by atoms with van der Waals surface area (Å²) < 4.78 is 0. The minimum atomic E-state index is 0.0448. The molecule has 3 heteroatoms. The molecule has 1 heterocycles. The summed E-state index contributed by atoms with van der Waals surface area (Å²) in [4.78, 5) is 14.6. The molecule has 0 bridgehead atoms. The van der Waals surface area contributed by atoms with Crippen molar-refractivity contribution in [1.29, 1.82) is 0 Å². The van der Waals surface area contributed by atoms with Crippen LogP contribution in [0.2, 0.25) is 0 Å². The maximum atomic E-state index is 12.7. The summed E-state index contributed by atoms with van der Waals surface area (Å²) in [7, 11) is 0. The number of likely N-dealkylation sites (tertiary alicyclic amines) is 1. The molecule has 1 amide bonds. The normalized spacial score (nSPS) is 21.4. The average Bonchev–Trinajstić information content (AvgIpc) is 2.85. The maximum Gasteiger partial charge on any atom is 0.226 e. The first-order valence-electron chi connectivity index (χ1n) is 8.03. The van der Waals surface area contributed by atoms with Gasteiger partial charge in [-0.3, -0.25) is 4.79 Å². The van der Waals surface area contributed by atoms with E-state index in [-0.39, 0.29) is 24.5 Å². The van der Waals surface area contributed by atoms with Gasteiger partial charge in [0.2, 0.25) is 5.91 Å². The van der Waals surface area contributed by atoms with Crippen LogP contribution in [0, 0.1) is 17.8 Å². The van der Waals surface area contributed by atoms with Crippen molar-refractivity contribution in [3.05, 3.63) is 12.2 Å². The summed E-state index contributed by atoms with van der Waals surface area (Å²) in [5.41, 5.74) is 0. The molecule has 116 valence electrons. The molecule has 1 aliphatic heterocycles. The third-order valence-electron chi connectivity index (χ3n) is 4.16. The van der Waals surface area contributed by atoms with Gasteiger partial charge in [-0.1, -0.05) is 39.8 Å². The zero-order chi connectivity index (χ0) is 15.1. The summed E-state index contributed by atoms with van der Waals surface area (Å²) in [5, 5.41) is 9.37. The number of carbonyl (C=O) groups is 1. The molecule has 1 fully saturated rings. The van der Waals surface area contributed by atoms with Crippen LogP contribution in [0.3, 0.4) is 0 Å². The lowest BCUT2D eigenvalue weighted by Crippen LogP contribution is -2.42. The van der Waals surface area contributed by atoms with Crippen LogP contribution in [-0.4, -0.2) is 35.1 Å². The summed E-state index contributed by atoms with van der Waals surface area (Å²) in [6.45, 7) is 9.53. The molecular weight excluding hydrogens is 250 g/mol. The maximum absolute atomic E-state index is 12.7. The van der Waals surface area contributed by atoms with E-state index in [2.05, 4.69) is 39.8 Å². The molecule has 1 rings (SSSR count). The van der Waals surface area contributed by atoms with Gasteiger partial charge >= 0.3 is 0 Å². The first kappa shape index (κ1) is 17.2. The van der Waals surface area contributed by atoms with Crippen molar-refractivity contribution in [2.45, 2.75) is 59.4 Å². The monoisotopic (exact) mass is 281 g/mol. The Balaban J connectivity index is 2.61. The molecule has 20 heavy (non-hydrogen) atoms. The quantitative estimate of drug-likeness (QED) is 0.728. The van der Waals surface area contributed by atoms with E-state index in [0.717, 1.165) is 32.2 Å². The van der Waals surface area contributed by atoms with Crippen LogP contribution in [-0.2, 0) is 4.79 Å². The Morgan fingerprint density at radius 3 is 2.45 bits per heavy atom. The summed E-state index contributed by atoms with van der Waals surface area (Å²) in [6.07, 6.45) is 8.20.